The van der Waals surface area contributed by atoms with E-state index in [1.54, 1.807) is 12.2 Å². The maximum Gasteiger partial charge on any atom is 0.504 e. The van der Waals surface area contributed by atoms with Crippen LogP contribution >= 0.6 is 0 Å². The molecular formula is C16H30O5Si. The zero-order chi connectivity index (χ0) is 16.7. The van der Waals surface area contributed by atoms with E-state index in [2.05, 4.69) is 13.2 Å². The van der Waals surface area contributed by atoms with E-state index in [0.717, 1.165) is 0 Å². The van der Waals surface area contributed by atoms with Crippen molar-refractivity contribution in [2.75, 3.05) is 26.4 Å². The molecular weight excluding hydrogens is 300 g/mol. The first-order chi connectivity index (χ1) is 10.5. The Bertz CT molecular complexity index is 352. The molecule has 0 amide bonds. The van der Waals surface area contributed by atoms with Crippen LogP contribution in [0.2, 0.25) is 6.04 Å². The SMILES string of the molecule is C=CC1(C=C)CC[Si](OCC)(OCC)OC1(OCC)OCC. The van der Waals surface area contributed by atoms with Crippen molar-refractivity contribution in [3.05, 3.63) is 25.3 Å². The summed E-state index contributed by atoms with van der Waals surface area (Å²) in [6, 6.07) is 0.675. The van der Waals surface area contributed by atoms with Gasteiger partial charge in [-0.15, -0.1) is 13.2 Å². The smallest absolute Gasteiger partial charge is 0.374 e. The highest BCUT2D eigenvalue weighted by molar-refractivity contribution is 6.61. The Labute approximate surface area is 135 Å². The molecule has 6 heteroatoms. The first-order valence-electron chi connectivity index (χ1n) is 8.06. The summed E-state index contributed by atoms with van der Waals surface area (Å²) in [5.41, 5.74) is -0.635. The molecule has 0 bridgehead atoms. The number of hydrogen-bond acceptors (Lipinski definition) is 5. The fourth-order valence-electron chi connectivity index (χ4n) is 2.84. The second kappa shape index (κ2) is 8.38. The van der Waals surface area contributed by atoms with Crippen LogP contribution in [-0.2, 0) is 22.8 Å². The molecule has 0 radical (unpaired) electrons. The van der Waals surface area contributed by atoms with Gasteiger partial charge in [-0.2, -0.15) is 0 Å². The van der Waals surface area contributed by atoms with Gasteiger partial charge >= 0.3 is 8.80 Å². The van der Waals surface area contributed by atoms with Crippen molar-refractivity contribution in [2.45, 2.75) is 46.1 Å². The molecule has 0 N–H and O–H groups in total. The highest BCUT2D eigenvalue weighted by atomic mass is 28.4. The molecule has 0 atom stereocenters. The van der Waals surface area contributed by atoms with E-state index in [9.17, 15) is 0 Å². The molecule has 128 valence electrons. The maximum atomic E-state index is 6.33. The number of rotatable bonds is 10. The van der Waals surface area contributed by atoms with E-state index >= 15 is 0 Å². The van der Waals surface area contributed by atoms with E-state index in [1.165, 1.54) is 0 Å². The molecule has 1 saturated heterocycles. The van der Waals surface area contributed by atoms with Crippen molar-refractivity contribution in [3.8, 4) is 0 Å². The lowest BCUT2D eigenvalue weighted by Crippen LogP contribution is -2.65. The summed E-state index contributed by atoms with van der Waals surface area (Å²) in [4.78, 5) is 0. The van der Waals surface area contributed by atoms with E-state index < -0.39 is 20.2 Å². The molecule has 0 unspecified atom stereocenters. The van der Waals surface area contributed by atoms with Gasteiger partial charge in [-0.05, 0) is 34.1 Å². The molecule has 22 heavy (non-hydrogen) atoms. The van der Waals surface area contributed by atoms with Crippen LogP contribution in [0.15, 0.2) is 25.3 Å². The standard InChI is InChI=1S/C16H30O5Si/c1-7-15(8-2)13-14-22(19-11-5,20-12-6)21-16(15,17-9-3)18-10-4/h7-8H,1-2,9-14H2,3-6H3. The quantitative estimate of drug-likeness (QED) is 0.348. The predicted octanol–water partition coefficient (Wildman–Crippen LogP) is 3.50. The topological polar surface area (TPSA) is 46.2 Å². The summed E-state index contributed by atoms with van der Waals surface area (Å²) in [6.07, 6.45) is 4.29. The van der Waals surface area contributed by atoms with Gasteiger partial charge in [-0.1, -0.05) is 12.2 Å². The van der Waals surface area contributed by atoms with Crippen LogP contribution in [-0.4, -0.2) is 41.2 Å². The molecule has 1 fully saturated rings. The zero-order valence-corrected chi connectivity index (χ0v) is 15.4. The van der Waals surface area contributed by atoms with Crippen LogP contribution in [0.25, 0.3) is 0 Å². The van der Waals surface area contributed by atoms with Gasteiger partial charge in [0.15, 0.2) is 0 Å². The summed E-state index contributed by atoms with van der Waals surface area (Å²) in [6.45, 7) is 17.5. The van der Waals surface area contributed by atoms with Gasteiger partial charge in [0, 0.05) is 32.5 Å². The van der Waals surface area contributed by atoms with Crippen LogP contribution in [0.5, 0.6) is 0 Å². The highest BCUT2D eigenvalue weighted by Crippen LogP contribution is 2.50. The lowest BCUT2D eigenvalue weighted by atomic mass is 9.82. The zero-order valence-electron chi connectivity index (χ0n) is 14.4. The van der Waals surface area contributed by atoms with Crippen molar-refractivity contribution in [2.24, 2.45) is 5.41 Å². The minimum atomic E-state index is -2.86. The normalized spacial score (nSPS) is 22.2. The minimum absolute atomic E-state index is 0.437. The third-order valence-corrected chi connectivity index (χ3v) is 6.73. The monoisotopic (exact) mass is 330 g/mol. The molecule has 5 nitrogen and oxygen atoms in total. The third-order valence-electron chi connectivity index (χ3n) is 3.83. The van der Waals surface area contributed by atoms with Crippen LogP contribution in [0.4, 0.5) is 0 Å². The van der Waals surface area contributed by atoms with Gasteiger partial charge in [0.1, 0.15) is 0 Å². The minimum Gasteiger partial charge on any atom is -0.374 e. The second-order valence-corrected chi connectivity index (χ2v) is 7.67. The molecule has 1 aliphatic rings. The van der Waals surface area contributed by atoms with E-state index in [0.29, 0.717) is 38.9 Å². The maximum absolute atomic E-state index is 6.33. The second-order valence-electron chi connectivity index (χ2n) is 5.02. The van der Waals surface area contributed by atoms with Gasteiger partial charge in [0.2, 0.25) is 0 Å². The lowest BCUT2D eigenvalue weighted by molar-refractivity contribution is -0.398. The molecule has 0 aromatic carbocycles. The Balaban J connectivity index is 3.29. The number of ether oxygens (including phenoxy) is 2. The van der Waals surface area contributed by atoms with Crippen molar-refractivity contribution in [1.82, 2.24) is 0 Å². The largest absolute Gasteiger partial charge is 0.504 e. The summed E-state index contributed by atoms with van der Waals surface area (Å²) in [7, 11) is -2.86. The summed E-state index contributed by atoms with van der Waals surface area (Å²) >= 11 is 0. The molecule has 0 aromatic heterocycles. The Morgan fingerprint density at radius 1 is 0.955 bits per heavy atom. The van der Waals surface area contributed by atoms with Gasteiger partial charge in [-0.25, -0.2) is 0 Å². The fourth-order valence-corrected chi connectivity index (χ4v) is 5.74. The van der Waals surface area contributed by atoms with Crippen molar-refractivity contribution < 1.29 is 22.8 Å². The summed E-state index contributed by atoms with van der Waals surface area (Å²) in [5, 5.41) is 0. The van der Waals surface area contributed by atoms with Crippen molar-refractivity contribution in [1.29, 1.82) is 0 Å². The van der Waals surface area contributed by atoms with Crippen LogP contribution in [0.3, 0.4) is 0 Å². The Kier molecular flexibility index (Phi) is 7.44. The van der Waals surface area contributed by atoms with Gasteiger partial charge in [0.05, 0.1) is 5.41 Å². The lowest BCUT2D eigenvalue weighted by Gasteiger charge is -2.52. The van der Waals surface area contributed by atoms with Gasteiger partial charge in [0.25, 0.3) is 5.97 Å². The van der Waals surface area contributed by atoms with E-state index in [1.807, 2.05) is 27.7 Å². The Morgan fingerprint density at radius 2 is 1.45 bits per heavy atom. The van der Waals surface area contributed by atoms with Crippen LogP contribution < -0.4 is 0 Å². The Hall–Kier alpha value is -0.503. The van der Waals surface area contributed by atoms with E-state index in [-0.39, 0.29) is 0 Å². The first-order valence-corrected chi connectivity index (χ1v) is 9.99. The van der Waals surface area contributed by atoms with Gasteiger partial charge in [-0.3, -0.25) is 0 Å². The molecule has 1 heterocycles. The first kappa shape index (κ1) is 19.5. The summed E-state index contributed by atoms with van der Waals surface area (Å²) in [5.74, 6) is -1.30. The van der Waals surface area contributed by atoms with E-state index in [4.69, 9.17) is 22.8 Å². The average Bonchev–Trinajstić information content (AvgIpc) is 2.49. The molecule has 0 spiro atoms. The van der Waals surface area contributed by atoms with Crippen molar-refractivity contribution >= 4 is 8.80 Å². The number of hydrogen-bond donors (Lipinski definition) is 0. The van der Waals surface area contributed by atoms with Gasteiger partial charge < -0.3 is 22.8 Å². The fraction of sp³-hybridized carbons (Fsp3) is 0.750. The summed E-state index contributed by atoms with van der Waals surface area (Å²) < 4.78 is 30.0. The molecule has 0 aromatic rings. The third kappa shape index (κ3) is 3.53. The van der Waals surface area contributed by atoms with Crippen LogP contribution in [0.1, 0.15) is 34.1 Å². The molecule has 0 saturated carbocycles. The van der Waals surface area contributed by atoms with Crippen molar-refractivity contribution in [3.63, 3.8) is 0 Å². The van der Waals surface area contributed by atoms with Crippen LogP contribution in [0, 0.1) is 5.41 Å². The predicted molar refractivity (Wildman–Crippen MR) is 88.3 cm³/mol. The molecule has 0 aliphatic carbocycles. The molecule has 1 aliphatic heterocycles. The highest BCUT2D eigenvalue weighted by Gasteiger charge is 2.63. The Morgan fingerprint density at radius 3 is 1.82 bits per heavy atom. The average molecular weight is 330 g/mol. The molecule has 1 rings (SSSR count).